The Labute approximate surface area is 101 Å². The van der Waals surface area contributed by atoms with E-state index in [1.54, 1.807) is 18.1 Å². The predicted molar refractivity (Wildman–Crippen MR) is 62.2 cm³/mol. The SMILES string of the molecule is C#CCN(CCC)C(=O)c1cc(COC)on1. The van der Waals surface area contributed by atoms with Gasteiger partial charge in [0.05, 0.1) is 6.54 Å². The van der Waals surface area contributed by atoms with Gasteiger partial charge in [-0.2, -0.15) is 0 Å². The lowest BCUT2D eigenvalue weighted by Gasteiger charge is -2.17. The summed E-state index contributed by atoms with van der Waals surface area (Å²) in [5.41, 5.74) is 0.265. The zero-order valence-electron chi connectivity index (χ0n) is 10.1. The van der Waals surface area contributed by atoms with Crippen LogP contribution < -0.4 is 0 Å². The number of amides is 1. The number of nitrogens with zero attached hydrogens (tertiary/aromatic N) is 2. The molecule has 1 aromatic heterocycles. The fourth-order valence-electron chi connectivity index (χ4n) is 1.42. The molecule has 1 amide bonds. The van der Waals surface area contributed by atoms with Crippen molar-refractivity contribution >= 4 is 5.91 Å². The topological polar surface area (TPSA) is 55.6 Å². The Morgan fingerprint density at radius 2 is 2.47 bits per heavy atom. The van der Waals surface area contributed by atoms with Crippen LogP contribution in [0.3, 0.4) is 0 Å². The smallest absolute Gasteiger partial charge is 0.276 e. The molecule has 0 unspecified atom stereocenters. The van der Waals surface area contributed by atoms with Gasteiger partial charge in [0.2, 0.25) is 0 Å². The van der Waals surface area contributed by atoms with E-state index in [1.807, 2.05) is 6.92 Å². The number of methoxy groups -OCH3 is 1. The highest BCUT2D eigenvalue weighted by Crippen LogP contribution is 2.08. The number of ether oxygens (including phenoxy) is 1. The average molecular weight is 236 g/mol. The van der Waals surface area contributed by atoms with Crippen LogP contribution in [0.2, 0.25) is 0 Å². The third kappa shape index (κ3) is 3.61. The fourth-order valence-corrected chi connectivity index (χ4v) is 1.42. The molecule has 5 nitrogen and oxygen atoms in total. The van der Waals surface area contributed by atoms with Crippen molar-refractivity contribution in [1.82, 2.24) is 10.1 Å². The van der Waals surface area contributed by atoms with Crippen LogP contribution in [0.5, 0.6) is 0 Å². The Kier molecular flexibility index (Phi) is 5.24. The van der Waals surface area contributed by atoms with Gasteiger partial charge in [0.1, 0.15) is 6.61 Å². The second-order valence-corrected chi connectivity index (χ2v) is 3.54. The van der Waals surface area contributed by atoms with Crippen molar-refractivity contribution in [3.05, 3.63) is 17.5 Å². The molecule has 0 atom stereocenters. The first-order chi connectivity index (χ1) is 8.22. The van der Waals surface area contributed by atoms with E-state index in [4.69, 9.17) is 15.7 Å². The number of terminal acetylenes is 1. The van der Waals surface area contributed by atoms with Crippen LogP contribution >= 0.6 is 0 Å². The van der Waals surface area contributed by atoms with E-state index >= 15 is 0 Å². The van der Waals surface area contributed by atoms with Gasteiger partial charge in [0.15, 0.2) is 11.5 Å². The first kappa shape index (κ1) is 13.3. The normalized spacial score (nSPS) is 9.94. The van der Waals surface area contributed by atoms with Crippen molar-refractivity contribution in [3.8, 4) is 12.3 Å². The maximum Gasteiger partial charge on any atom is 0.276 e. The molecule has 0 N–H and O–H groups in total. The quantitative estimate of drug-likeness (QED) is 0.699. The van der Waals surface area contributed by atoms with Gasteiger partial charge in [-0.15, -0.1) is 6.42 Å². The maximum absolute atomic E-state index is 12.0. The Hall–Kier alpha value is -1.80. The van der Waals surface area contributed by atoms with Crippen LogP contribution in [0.1, 0.15) is 29.6 Å². The van der Waals surface area contributed by atoms with Gasteiger partial charge in [-0.05, 0) is 6.42 Å². The molecule has 17 heavy (non-hydrogen) atoms. The number of carbonyl (C=O) groups is 1. The van der Waals surface area contributed by atoms with Gasteiger partial charge in [-0.1, -0.05) is 18.0 Å². The Bertz CT molecular complexity index is 406. The molecule has 0 bridgehead atoms. The second-order valence-electron chi connectivity index (χ2n) is 3.54. The van der Waals surface area contributed by atoms with Crippen molar-refractivity contribution in [2.75, 3.05) is 20.2 Å². The van der Waals surface area contributed by atoms with Crippen molar-refractivity contribution < 1.29 is 14.1 Å². The summed E-state index contributed by atoms with van der Waals surface area (Å²) in [5, 5.41) is 3.71. The highest BCUT2D eigenvalue weighted by molar-refractivity contribution is 5.92. The number of rotatable bonds is 6. The highest BCUT2D eigenvalue weighted by Gasteiger charge is 2.18. The second kappa shape index (κ2) is 6.71. The summed E-state index contributed by atoms with van der Waals surface area (Å²) in [5.74, 6) is 2.77. The monoisotopic (exact) mass is 236 g/mol. The van der Waals surface area contributed by atoms with E-state index in [9.17, 15) is 4.79 Å². The molecule has 92 valence electrons. The summed E-state index contributed by atoms with van der Waals surface area (Å²) in [7, 11) is 1.55. The van der Waals surface area contributed by atoms with Crippen molar-refractivity contribution in [1.29, 1.82) is 0 Å². The number of hydrogen-bond acceptors (Lipinski definition) is 4. The van der Waals surface area contributed by atoms with E-state index < -0.39 is 0 Å². The van der Waals surface area contributed by atoms with E-state index in [2.05, 4.69) is 11.1 Å². The molecule has 1 aromatic rings. The van der Waals surface area contributed by atoms with Crippen molar-refractivity contribution in [3.63, 3.8) is 0 Å². The van der Waals surface area contributed by atoms with Crippen LogP contribution in [0.15, 0.2) is 10.6 Å². The molecule has 5 heteroatoms. The van der Waals surface area contributed by atoms with E-state index in [0.29, 0.717) is 18.9 Å². The lowest BCUT2D eigenvalue weighted by Crippen LogP contribution is -2.32. The molecule has 0 aliphatic heterocycles. The molecule has 0 aromatic carbocycles. The van der Waals surface area contributed by atoms with Gasteiger partial charge in [-0.25, -0.2) is 0 Å². The summed E-state index contributed by atoms with van der Waals surface area (Å²) < 4.78 is 9.84. The van der Waals surface area contributed by atoms with Crippen LogP contribution in [0.4, 0.5) is 0 Å². The summed E-state index contributed by atoms with van der Waals surface area (Å²) in [4.78, 5) is 13.6. The molecule has 0 radical (unpaired) electrons. The van der Waals surface area contributed by atoms with Gasteiger partial charge >= 0.3 is 0 Å². The Morgan fingerprint density at radius 1 is 1.71 bits per heavy atom. The van der Waals surface area contributed by atoms with Crippen LogP contribution in [0.25, 0.3) is 0 Å². The van der Waals surface area contributed by atoms with E-state index in [0.717, 1.165) is 6.42 Å². The minimum absolute atomic E-state index is 0.212. The number of aromatic nitrogens is 1. The van der Waals surface area contributed by atoms with Crippen molar-refractivity contribution in [2.45, 2.75) is 20.0 Å². The first-order valence-electron chi connectivity index (χ1n) is 5.40. The molecule has 0 saturated heterocycles. The van der Waals surface area contributed by atoms with Gasteiger partial charge in [0, 0.05) is 19.7 Å². The average Bonchev–Trinajstić information content (AvgIpc) is 2.77. The molecule has 0 spiro atoms. The first-order valence-corrected chi connectivity index (χ1v) is 5.40. The Balaban J connectivity index is 2.74. The molecule has 0 aliphatic rings. The number of hydrogen-bond donors (Lipinski definition) is 0. The van der Waals surface area contributed by atoms with Gasteiger partial charge in [-0.3, -0.25) is 4.79 Å². The molecule has 0 fully saturated rings. The summed E-state index contributed by atoms with van der Waals surface area (Å²) in [6.45, 7) is 3.16. The zero-order valence-corrected chi connectivity index (χ0v) is 10.1. The van der Waals surface area contributed by atoms with Gasteiger partial charge in [0.25, 0.3) is 5.91 Å². The standard InChI is InChI=1S/C12H16N2O3/c1-4-6-14(7-5-2)12(15)11-8-10(9-16-3)17-13-11/h1,8H,5-7,9H2,2-3H3. The lowest BCUT2D eigenvalue weighted by molar-refractivity contribution is 0.0766. The minimum atomic E-state index is -0.212. The zero-order chi connectivity index (χ0) is 12.7. The van der Waals surface area contributed by atoms with E-state index in [1.165, 1.54) is 0 Å². The highest BCUT2D eigenvalue weighted by atomic mass is 16.5. The Morgan fingerprint density at radius 3 is 3.06 bits per heavy atom. The molecule has 1 rings (SSSR count). The predicted octanol–water partition coefficient (Wildman–Crippen LogP) is 1.31. The van der Waals surface area contributed by atoms with Crippen LogP contribution in [-0.2, 0) is 11.3 Å². The summed E-state index contributed by atoms with van der Waals surface area (Å²) >= 11 is 0. The summed E-state index contributed by atoms with van der Waals surface area (Å²) in [6.07, 6.45) is 6.06. The minimum Gasteiger partial charge on any atom is -0.377 e. The largest absolute Gasteiger partial charge is 0.377 e. The molecule has 1 heterocycles. The molecule has 0 aliphatic carbocycles. The maximum atomic E-state index is 12.0. The fraction of sp³-hybridized carbons (Fsp3) is 0.500. The van der Waals surface area contributed by atoms with E-state index in [-0.39, 0.29) is 18.1 Å². The third-order valence-electron chi connectivity index (χ3n) is 2.13. The van der Waals surface area contributed by atoms with Gasteiger partial charge < -0.3 is 14.2 Å². The number of carbonyl (C=O) groups excluding carboxylic acids is 1. The van der Waals surface area contributed by atoms with Crippen LogP contribution in [0, 0.1) is 12.3 Å². The van der Waals surface area contributed by atoms with Crippen molar-refractivity contribution in [2.24, 2.45) is 0 Å². The third-order valence-corrected chi connectivity index (χ3v) is 2.13. The molecular formula is C12H16N2O3. The van der Waals surface area contributed by atoms with Crippen LogP contribution in [-0.4, -0.2) is 36.2 Å². The summed E-state index contributed by atoms with van der Waals surface area (Å²) in [6, 6.07) is 1.57. The molecule has 0 saturated carbocycles. The lowest BCUT2D eigenvalue weighted by atomic mass is 10.3. The molecular weight excluding hydrogens is 220 g/mol.